The number of morpholine rings is 1. The Morgan fingerprint density at radius 1 is 1.13 bits per heavy atom. The number of hydrogen-bond donors (Lipinski definition) is 1. The average molecular weight is 411 g/mol. The van der Waals surface area contributed by atoms with Gasteiger partial charge in [-0.1, -0.05) is 42.5 Å². The van der Waals surface area contributed by atoms with E-state index in [9.17, 15) is 18.8 Å². The number of carbonyl (C=O) groups is 3. The van der Waals surface area contributed by atoms with Gasteiger partial charge in [0.1, 0.15) is 18.0 Å². The van der Waals surface area contributed by atoms with Crippen LogP contribution in [-0.2, 0) is 20.9 Å². The second kappa shape index (κ2) is 8.62. The van der Waals surface area contributed by atoms with Gasteiger partial charge in [-0.05, 0) is 23.3 Å². The number of benzene rings is 2. The van der Waals surface area contributed by atoms with E-state index < -0.39 is 23.8 Å². The van der Waals surface area contributed by atoms with Crippen molar-refractivity contribution in [1.82, 2.24) is 15.1 Å². The van der Waals surface area contributed by atoms with Crippen LogP contribution < -0.4 is 5.32 Å². The van der Waals surface area contributed by atoms with Gasteiger partial charge >= 0.3 is 6.03 Å². The summed E-state index contributed by atoms with van der Waals surface area (Å²) in [4.78, 5) is 40.4. The summed E-state index contributed by atoms with van der Waals surface area (Å²) in [5, 5.41) is 2.57. The number of urea groups is 1. The first-order valence-corrected chi connectivity index (χ1v) is 9.82. The number of hydrogen-bond acceptors (Lipinski definition) is 4. The minimum atomic E-state index is -0.920. The van der Waals surface area contributed by atoms with E-state index in [0.717, 1.165) is 10.5 Å². The van der Waals surface area contributed by atoms with E-state index in [1.54, 1.807) is 11.0 Å². The molecule has 2 saturated heterocycles. The molecular weight excluding hydrogens is 389 g/mol. The third kappa shape index (κ3) is 4.33. The largest absolute Gasteiger partial charge is 0.370 e. The lowest BCUT2D eigenvalue weighted by molar-refractivity contribution is -0.141. The second-order valence-corrected chi connectivity index (χ2v) is 7.37. The van der Waals surface area contributed by atoms with Gasteiger partial charge < -0.3 is 15.0 Å². The van der Waals surface area contributed by atoms with Crippen molar-refractivity contribution in [1.29, 1.82) is 0 Å². The molecule has 2 atom stereocenters. The SMILES string of the molecule is O=C(C[C@@H]1NC(=O)N(Cc2cccc(F)c2)C1=O)N1CCO[C@@H](c2ccccc2)C1. The van der Waals surface area contributed by atoms with Crippen molar-refractivity contribution in [2.75, 3.05) is 19.7 Å². The monoisotopic (exact) mass is 411 g/mol. The minimum absolute atomic E-state index is 0.0409. The third-order valence-electron chi connectivity index (χ3n) is 5.31. The fourth-order valence-corrected chi connectivity index (χ4v) is 3.73. The quantitative estimate of drug-likeness (QED) is 0.766. The molecule has 8 heteroatoms. The van der Waals surface area contributed by atoms with Crippen molar-refractivity contribution in [2.45, 2.75) is 25.1 Å². The minimum Gasteiger partial charge on any atom is -0.370 e. The molecule has 0 saturated carbocycles. The van der Waals surface area contributed by atoms with E-state index in [0.29, 0.717) is 25.3 Å². The predicted octanol–water partition coefficient (Wildman–Crippen LogP) is 2.24. The summed E-state index contributed by atoms with van der Waals surface area (Å²) >= 11 is 0. The van der Waals surface area contributed by atoms with Crippen molar-refractivity contribution in [3.63, 3.8) is 0 Å². The number of imide groups is 1. The first kappa shape index (κ1) is 20.0. The molecule has 30 heavy (non-hydrogen) atoms. The maximum atomic E-state index is 13.4. The molecule has 2 aliphatic rings. The van der Waals surface area contributed by atoms with Crippen LogP contribution in [0.3, 0.4) is 0 Å². The van der Waals surface area contributed by atoms with Crippen LogP contribution >= 0.6 is 0 Å². The van der Waals surface area contributed by atoms with Gasteiger partial charge in [0.15, 0.2) is 0 Å². The van der Waals surface area contributed by atoms with Crippen LogP contribution in [-0.4, -0.2) is 53.4 Å². The van der Waals surface area contributed by atoms with Crippen LogP contribution in [0, 0.1) is 5.82 Å². The molecule has 2 fully saturated rings. The third-order valence-corrected chi connectivity index (χ3v) is 5.31. The topological polar surface area (TPSA) is 79.0 Å². The number of nitrogens with zero attached hydrogens (tertiary/aromatic N) is 2. The van der Waals surface area contributed by atoms with Crippen molar-refractivity contribution in [3.05, 3.63) is 71.5 Å². The van der Waals surface area contributed by atoms with Crippen LogP contribution in [0.25, 0.3) is 0 Å². The lowest BCUT2D eigenvalue weighted by atomic mass is 10.1. The van der Waals surface area contributed by atoms with E-state index in [-0.39, 0.29) is 25.0 Å². The lowest BCUT2D eigenvalue weighted by Gasteiger charge is -2.33. The molecule has 0 bridgehead atoms. The maximum Gasteiger partial charge on any atom is 0.325 e. The molecule has 2 aliphatic heterocycles. The summed E-state index contributed by atoms with van der Waals surface area (Å²) in [6, 6.07) is 13.9. The molecule has 2 aromatic rings. The summed E-state index contributed by atoms with van der Waals surface area (Å²) in [6.07, 6.45) is -0.339. The molecule has 2 heterocycles. The molecule has 156 valence electrons. The Bertz CT molecular complexity index is 952. The average Bonchev–Trinajstić information content (AvgIpc) is 3.02. The van der Waals surface area contributed by atoms with Gasteiger partial charge in [0.25, 0.3) is 5.91 Å². The van der Waals surface area contributed by atoms with Crippen molar-refractivity contribution in [3.8, 4) is 0 Å². The zero-order valence-corrected chi connectivity index (χ0v) is 16.3. The molecule has 1 N–H and O–H groups in total. The Morgan fingerprint density at radius 3 is 2.70 bits per heavy atom. The number of carbonyl (C=O) groups excluding carboxylic acids is 3. The second-order valence-electron chi connectivity index (χ2n) is 7.37. The molecule has 0 aliphatic carbocycles. The van der Waals surface area contributed by atoms with Gasteiger partial charge in [0, 0.05) is 6.54 Å². The highest BCUT2D eigenvalue weighted by molar-refractivity contribution is 6.05. The van der Waals surface area contributed by atoms with Gasteiger partial charge in [0.05, 0.1) is 26.1 Å². The van der Waals surface area contributed by atoms with Crippen LogP contribution in [0.5, 0.6) is 0 Å². The van der Waals surface area contributed by atoms with Crippen molar-refractivity contribution in [2.24, 2.45) is 0 Å². The maximum absolute atomic E-state index is 13.4. The van der Waals surface area contributed by atoms with Crippen LogP contribution in [0.15, 0.2) is 54.6 Å². The fourth-order valence-electron chi connectivity index (χ4n) is 3.73. The van der Waals surface area contributed by atoms with Crippen LogP contribution in [0.4, 0.5) is 9.18 Å². The highest BCUT2D eigenvalue weighted by atomic mass is 19.1. The summed E-state index contributed by atoms with van der Waals surface area (Å²) in [6.45, 7) is 1.19. The van der Waals surface area contributed by atoms with E-state index in [1.807, 2.05) is 30.3 Å². The number of ether oxygens (including phenoxy) is 1. The predicted molar refractivity (Wildman–Crippen MR) is 106 cm³/mol. The molecule has 2 aromatic carbocycles. The molecule has 0 radical (unpaired) electrons. The number of halogens is 1. The number of amides is 4. The van der Waals surface area contributed by atoms with Gasteiger partial charge in [0.2, 0.25) is 5.91 Å². The van der Waals surface area contributed by atoms with Crippen molar-refractivity contribution >= 4 is 17.8 Å². The molecular formula is C22H22FN3O4. The highest BCUT2D eigenvalue weighted by Crippen LogP contribution is 2.23. The van der Waals surface area contributed by atoms with E-state index in [2.05, 4.69) is 5.32 Å². The first-order chi connectivity index (χ1) is 14.5. The van der Waals surface area contributed by atoms with E-state index in [4.69, 9.17) is 4.74 Å². The molecule has 4 amide bonds. The Morgan fingerprint density at radius 2 is 1.93 bits per heavy atom. The zero-order valence-electron chi connectivity index (χ0n) is 16.3. The van der Waals surface area contributed by atoms with Crippen LogP contribution in [0.2, 0.25) is 0 Å². The normalized spacial score (nSPS) is 21.6. The Balaban J connectivity index is 1.37. The summed E-state index contributed by atoms with van der Waals surface area (Å²) in [7, 11) is 0. The Kier molecular flexibility index (Phi) is 5.76. The summed E-state index contributed by atoms with van der Waals surface area (Å²) < 4.78 is 19.2. The first-order valence-electron chi connectivity index (χ1n) is 9.82. The molecule has 4 rings (SSSR count). The Labute approximate surface area is 173 Å². The molecule has 0 aromatic heterocycles. The smallest absolute Gasteiger partial charge is 0.325 e. The van der Waals surface area contributed by atoms with E-state index in [1.165, 1.54) is 18.2 Å². The zero-order chi connectivity index (χ0) is 21.1. The van der Waals surface area contributed by atoms with E-state index >= 15 is 0 Å². The summed E-state index contributed by atoms with van der Waals surface area (Å²) in [5.74, 6) is -1.14. The van der Waals surface area contributed by atoms with Crippen LogP contribution in [0.1, 0.15) is 23.7 Å². The Hall–Kier alpha value is -3.26. The van der Waals surface area contributed by atoms with Gasteiger partial charge in [-0.3, -0.25) is 14.5 Å². The van der Waals surface area contributed by atoms with Gasteiger partial charge in [-0.2, -0.15) is 0 Å². The standard InChI is InChI=1S/C22H22FN3O4/c23-17-8-4-5-15(11-17)13-26-21(28)18(24-22(26)29)12-20(27)25-9-10-30-19(14-25)16-6-2-1-3-7-16/h1-8,11,18-19H,9-10,12-14H2,(H,24,29)/t18-,19+/m0/s1. The van der Waals surface area contributed by atoms with Gasteiger partial charge in [-0.15, -0.1) is 0 Å². The number of rotatable bonds is 5. The number of nitrogens with one attached hydrogen (secondary N) is 1. The van der Waals surface area contributed by atoms with Crippen molar-refractivity contribution < 1.29 is 23.5 Å². The fraction of sp³-hybridized carbons (Fsp3) is 0.318. The molecule has 0 spiro atoms. The summed E-state index contributed by atoms with van der Waals surface area (Å²) in [5.41, 5.74) is 1.49. The molecule has 7 nitrogen and oxygen atoms in total. The van der Waals surface area contributed by atoms with Gasteiger partial charge in [-0.25, -0.2) is 9.18 Å². The highest BCUT2D eigenvalue weighted by Gasteiger charge is 2.40. The molecule has 0 unspecified atom stereocenters. The lowest BCUT2D eigenvalue weighted by Crippen LogP contribution is -2.45.